The third-order valence-electron chi connectivity index (χ3n) is 6.24. The average molecular weight is 444 g/mol. The predicted octanol–water partition coefficient (Wildman–Crippen LogP) is 1.91. The average Bonchev–Trinajstić information content (AvgIpc) is 2.84. The third kappa shape index (κ3) is 5.40. The minimum atomic E-state index is -3.47. The van der Waals surface area contributed by atoms with Crippen molar-refractivity contribution in [3.05, 3.63) is 48.8 Å². The molecule has 0 bridgehead atoms. The van der Waals surface area contributed by atoms with Gasteiger partial charge in [0.1, 0.15) is 0 Å². The second-order valence-electron chi connectivity index (χ2n) is 8.24. The summed E-state index contributed by atoms with van der Waals surface area (Å²) in [5.41, 5.74) is 0. The fourth-order valence-electron chi connectivity index (χ4n) is 4.36. The van der Waals surface area contributed by atoms with E-state index in [-0.39, 0.29) is 17.7 Å². The van der Waals surface area contributed by atoms with Gasteiger partial charge in [-0.15, -0.1) is 0 Å². The van der Waals surface area contributed by atoms with Gasteiger partial charge in [0.25, 0.3) is 0 Å². The first-order chi connectivity index (χ1) is 15.0. The highest BCUT2D eigenvalue weighted by atomic mass is 32.2. The molecule has 1 N–H and O–H groups in total. The SMILES string of the molecule is O=C(C1CCC(CNS(=O)(=O)c2ccccc2)CC1)N1CCN(c2ncccn2)CC1. The number of nitrogens with one attached hydrogen (secondary N) is 1. The number of anilines is 1. The van der Waals surface area contributed by atoms with Gasteiger partial charge in [0.05, 0.1) is 4.90 Å². The van der Waals surface area contributed by atoms with Crippen LogP contribution >= 0.6 is 0 Å². The Labute approximate surface area is 183 Å². The molecule has 1 aromatic carbocycles. The Morgan fingerprint density at radius 2 is 1.58 bits per heavy atom. The third-order valence-corrected chi connectivity index (χ3v) is 7.68. The smallest absolute Gasteiger partial charge is 0.240 e. The van der Waals surface area contributed by atoms with E-state index >= 15 is 0 Å². The highest BCUT2D eigenvalue weighted by Gasteiger charge is 2.31. The Morgan fingerprint density at radius 1 is 0.935 bits per heavy atom. The van der Waals surface area contributed by atoms with Gasteiger partial charge < -0.3 is 9.80 Å². The van der Waals surface area contributed by atoms with Gasteiger partial charge >= 0.3 is 0 Å². The van der Waals surface area contributed by atoms with Crippen LogP contribution in [0.25, 0.3) is 0 Å². The quantitative estimate of drug-likeness (QED) is 0.733. The van der Waals surface area contributed by atoms with Crippen LogP contribution in [-0.4, -0.2) is 61.9 Å². The van der Waals surface area contributed by atoms with Crippen LogP contribution in [0.15, 0.2) is 53.7 Å². The van der Waals surface area contributed by atoms with Crippen molar-refractivity contribution < 1.29 is 13.2 Å². The van der Waals surface area contributed by atoms with Gasteiger partial charge in [0.15, 0.2) is 0 Å². The van der Waals surface area contributed by atoms with Crippen molar-refractivity contribution in [2.45, 2.75) is 30.6 Å². The van der Waals surface area contributed by atoms with Crippen LogP contribution in [0.2, 0.25) is 0 Å². The Hall–Kier alpha value is -2.52. The van der Waals surface area contributed by atoms with Gasteiger partial charge in [0.2, 0.25) is 21.9 Å². The summed E-state index contributed by atoms with van der Waals surface area (Å²) < 4.78 is 27.5. The largest absolute Gasteiger partial charge is 0.339 e. The van der Waals surface area contributed by atoms with E-state index in [4.69, 9.17) is 0 Å². The maximum atomic E-state index is 13.0. The monoisotopic (exact) mass is 443 g/mol. The molecule has 2 fully saturated rings. The molecule has 2 heterocycles. The lowest BCUT2D eigenvalue weighted by molar-refractivity contribution is -0.137. The number of amides is 1. The maximum Gasteiger partial charge on any atom is 0.240 e. The fraction of sp³-hybridized carbons (Fsp3) is 0.500. The summed E-state index contributed by atoms with van der Waals surface area (Å²) in [4.78, 5) is 25.9. The van der Waals surface area contributed by atoms with E-state index < -0.39 is 10.0 Å². The fourth-order valence-corrected chi connectivity index (χ4v) is 5.50. The van der Waals surface area contributed by atoms with Crippen molar-refractivity contribution >= 4 is 21.9 Å². The molecule has 2 aromatic rings. The van der Waals surface area contributed by atoms with Crippen LogP contribution in [0.1, 0.15) is 25.7 Å². The van der Waals surface area contributed by atoms with Crippen molar-refractivity contribution in [3.8, 4) is 0 Å². The molecule has 2 aliphatic rings. The van der Waals surface area contributed by atoms with Crippen molar-refractivity contribution in [1.82, 2.24) is 19.6 Å². The number of nitrogens with zero attached hydrogens (tertiary/aromatic N) is 4. The van der Waals surface area contributed by atoms with Crippen LogP contribution in [-0.2, 0) is 14.8 Å². The summed E-state index contributed by atoms with van der Waals surface area (Å²) in [6.07, 6.45) is 6.84. The first kappa shape index (κ1) is 21.7. The molecule has 1 aliphatic carbocycles. The minimum absolute atomic E-state index is 0.0431. The van der Waals surface area contributed by atoms with Crippen molar-refractivity contribution in [3.63, 3.8) is 0 Å². The summed E-state index contributed by atoms with van der Waals surface area (Å²) in [5, 5.41) is 0. The number of hydrogen-bond donors (Lipinski definition) is 1. The van der Waals surface area contributed by atoms with Crippen LogP contribution < -0.4 is 9.62 Å². The van der Waals surface area contributed by atoms with Gasteiger partial charge in [-0.3, -0.25) is 4.79 Å². The topological polar surface area (TPSA) is 95.5 Å². The molecule has 4 rings (SSSR count). The summed E-state index contributed by atoms with van der Waals surface area (Å²) in [5.74, 6) is 1.26. The molecule has 0 atom stereocenters. The summed E-state index contributed by atoms with van der Waals surface area (Å²) >= 11 is 0. The summed E-state index contributed by atoms with van der Waals surface area (Å²) in [7, 11) is -3.47. The minimum Gasteiger partial charge on any atom is -0.339 e. The van der Waals surface area contributed by atoms with Crippen LogP contribution in [0, 0.1) is 11.8 Å². The van der Waals surface area contributed by atoms with E-state index in [1.165, 1.54) is 0 Å². The maximum absolute atomic E-state index is 13.0. The molecule has 0 unspecified atom stereocenters. The van der Waals surface area contributed by atoms with E-state index in [0.717, 1.165) is 38.8 Å². The zero-order valence-electron chi connectivity index (χ0n) is 17.6. The molecule has 1 aliphatic heterocycles. The molecule has 1 saturated carbocycles. The van der Waals surface area contributed by atoms with Gasteiger partial charge in [-0.1, -0.05) is 18.2 Å². The van der Waals surface area contributed by atoms with E-state index in [1.807, 2.05) is 4.90 Å². The van der Waals surface area contributed by atoms with Crippen LogP contribution in [0.5, 0.6) is 0 Å². The number of piperazine rings is 1. The molecule has 166 valence electrons. The van der Waals surface area contributed by atoms with Gasteiger partial charge in [-0.05, 0) is 49.8 Å². The zero-order chi connectivity index (χ0) is 21.7. The number of carbonyl (C=O) groups excluding carboxylic acids is 1. The Balaban J connectivity index is 1.21. The molecule has 9 heteroatoms. The molecule has 1 aromatic heterocycles. The van der Waals surface area contributed by atoms with Crippen LogP contribution in [0.3, 0.4) is 0 Å². The lowest BCUT2D eigenvalue weighted by atomic mass is 9.81. The van der Waals surface area contributed by atoms with E-state index in [1.54, 1.807) is 48.8 Å². The summed E-state index contributed by atoms with van der Waals surface area (Å²) in [6, 6.07) is 10.2. The lowest BCUT2D eigenvalue weighted by Gasteiger charge is -2.37. The number of rotatable bonds is 6. The Bertz CT molecular complexity index is 955. The van der Waals surface area contributed by atoms with Gasteiger partial charge in [-0.2, -0.15) is 0 Å². The number of sulfonamides is 1. The standard InChI is InChI=1S/C22H29N5O3S/c28-21(26-13-15-27(16-14-26)22-23-11-4-12-24-22)19-9-7-18(8-10-19)17-25-31(29,30)20-5-2-1-3-6-20/h1-6,11-12,18-19,25H,7-10,13-17H2. The lowest BCUT2D eigenvalue weighted by Crippen LogP contribution is -2.51. The predicted molar refractivity (Wildman–Crippen MR) is 118 cm³/mol. The first-order valence-electron chi connectivity index (χ1n) is 10.9. The highest BCUT2D eigenvalue weighted by molar-refractivity contribution is 7.89. The first-order valence-corrected chi connectivity index (χ1v) is 12.4. The van der Waals surface area contributed by atoms with E-state index in [0.29, 0.717) is 30.5 Å². The molecular formula is C22H29N5O3S. The van der Waals surface area contributed by atoms with Crippen LogP contribution in [0.4, 0.5) is 5.95 Å². The second kappa shape index (κ2) is 9.74. The number of aromatic nitrogens is 2. The molecule has 1 amide bonds. The molecular weight excluding hydrogens is 414 g/mol. The Kier molecular flexibility index (Phi) is 6.82. The second-order valence-corrected chi connectivity index (χ2v) is 10.0. The van der Waals surface area contributed by atoms with Gasteiger partial charge in [0, 0.05) is 51.0 Å². The van der Waals surface area contributed by atoms with E-state index in [2.05, 4.69) is 19.6 Å². The summed E-state index contributed by atoms with van der Waals surface area (Å²) in [6.45, 7) is 3.29. The molecule has 31 heavy (non-hydrogen) atoms. The van der Waals surface area contributed by atoms with Crippen molar-refractivity contribution in [1.29, 1.82) is 0 Å². The number of carbonyl (C=O) groups is 1. The normalized spacial score (nSPS) is 22.3. The molecule has 0 spiro atoms. The molecule has 1 saturated heterocycles. The van der Waals surface area contributed by atoms with Crippen molar-refractivity contribution in [2.24, 2.45) is 11.8 Å². The number of benzene rings is 1. The molecule has 0 radical (unpaired) electrons. The molecule has 8 nitrogen and oxygen atoms in total. The zero-order valence-corrected chi connectivity index (χ0v) is 18.4. The highest BCUT2D eigenvalue weighted by Crippen LogP contribution is 2.30. The van der Waals surface area contributed by atoms with E-state index in [9.17, 15) is 13.2 Å². The Morgan fingerprint density at radius 3 is 2.23 bits per heavy atom. The van der Waals surface area contributed by atoms with Gasteiger partial charge in [-0.25, -0.2) is 23.1 Å². The number of hydrogen-bond acceptors (Lipinski definition) is 6. The van der Waals surface area contributed by atoms with Crippen molar-refractivity contribution in [2.75, 3.05) is 37.6 Å².